The molecule has 2 N–H and O–H groups in total. The zero-order chi connectivity index (χ0) is 17.4. The number of halogens is 2. The zero-order valence-electron chi connectivity index (χ0n) is 12.0. The number of fused-ring (bicyclic) bond motifs is 1. The molecule has 0 spiro atoms. The number of rotatable bonds is 3. The molecule has 0 aliphatic carbocycles. The van der Waals surface area contributed by atoms with Crippen molar-refractivity contribution < 1.29 is 14.3 Å². The Kier molecular flexibility index (Phi) is 4.21. The molecule has 0 aliphatic heterocycles. The van der Waals surface area contributed by atoms with E-state index in [4.69, 9.17) is 28.9 Å². The van der Waals surface area contributed by atoms with Crippen molar-refractivity contribution in [2.24, 2.45) is 0 Å². The van der Waals surface area contributed by atoms with Gasteiger partial charge in [0.15, 0.2) is 4.77 Å². The Balaban J connectivity index is 2.13. The van der Waals surface area contributed by atoms with Crippen LogP contribution in [0.1, 0.15) is 15.9 Å². The third-order valence-electron chi connectivity index (χ3n) is 3.55. The molecular weight excluding hydrogens is 355 g/mol. The molecular formula is C16H10ClFN2O3S. The number of aromatic nitrogens is 2. The SMILES string of the molecule is O=C(O)c1ccc2c(=O)n(Cc3ccc(F)c(Cl)c3)c(=S)[nH]c2c1. The Hall–Kier alpha value is -2.51. The molecule has 0 radical (unpaired) electrons. The van der Waals surface area contributed by atoms with Crippen LogP contribution < -0.4 is 5.56 Å². The Morgan fingerprint density at radius 3 is 2.71 bits per heavy atom. The molecule has 0 unspecified atom stereocenters. The van der Waals surface area contributed by atoms with Crippen LogP contribution in [0.15, 0.2) is 41.2 Å². The maximum atomic E-state index is 13.2. The largest absolute Gasteiger partial charge is 0.478 e. The maximum Gasteiger partial charge on any atom is 0.335 e. The van der Waals surface area contributed by atoms with E-state index in [1.165, 1.54) is 41.0 Å². The van der Waals surface area contributed by atoms with Crippen molar-refractivity contribution in [1.29, 1.82) is 0 Å². The lowest BCUT2D eigenvalue weighted by atomic mass is 10.1. The van der Waals surface area contributed by atoms with E-state index in [1.807, 2.05) is 0 Å². The molecule has 0 fully saturated rings. The van der Waals surface area contributed by atoms with Gasteiger partial charge in [0.1, 0.15) is 5.82 Å². The second kappa shape index (κ2) is 6.18. The first-order valence-electron chi connectivity index (χ1n) is 6.81. The van der Waals surface area contributed by atoms with Gasteiger partial charge < -0.3 is 10.1 Å². The van der Waals surface area contributed by atoms with Crippen LogP contribution in [0.2, 0.25) is 5.02 Å². The van der Waals surface area contributed by atoms with E-state index in [9.17, 15) is 14.0 Å². The standard InChI is InChI=1S/C16H10ClFN2O3S/c17-11-5-8(1-4-12(11)18)7-20-14(21)10-3-2-9(15(22)23)6-13(10)19-16(20)24/h1-6H,7H2,(H,19,24)(H,22,23). The van der Waals surface area contributed by atoms with Crippen LogP contribution in [0.5, 0.6) is 0 Å². The number of hydrogen-bond acceptors (Lipinski definition) is 3. The molecule has 122 valence electrons. The van der Waals surface area contributed by atoms with Gasteiger partial charge in [-0.3, -0.25) is 9.36 Å². The smallest absolute Gasteiger partial charge is 0.335 e. The second-order valence-electron chi connectivity index (χ2n) is 5.14. The van der Waals surface area contributed by atoms with Gasteiger partial charge in [-0.2, -0.15) is 0 Å². The number of hydrogen-bond donors (Lipinski definition) is 2. The third-order valence-corrected chi connectivity index (χ3v) is 4.17. The Labute approximate surface area is 144 Å². The summed E-state index contributed by atoms with van der Waals surface area (Å²) in [7, 11) is 0. The highest BCUT2D eigenvalue weighted by Crippen LogP contribution is 2.17. The number of nitrogens with one attached hydrogen (secondary N) is 1. The van der Waals surface area contributed by atoms with E-state index >= 15 is 0 Å². The lowest BCUT2D eigenvalue weighted by Crippen LogP contribution is -2.23. The fraction of sp³-hybridized carbons (Fsp3) is 0.0625. The predicted octanol–water partition coefficient (Wildman–Crippen LogP) is 3.60. The van der Waals surface area contributed by atoms with Crippen molar-refractivity contribution in [3.05, 3.63) is 73.5 Å². The summed E-state index contributed by atoms with van der Waals surface area (Å²) in [5, 5.41) is 9.28. The van der Waals surface area contributed by atoms with Gasteiger partial charge in [0.25, 0.3) is 5.56 Å². The summed E-state index contributed by atoms with van der Waals surface area (Å²) in [5.74, 6) is -1.64. The van der Waals surface area contributed by atoms with E-state index in [1.54, 1.807) is 0 Å². The summed E-state index contributed by atoms with van der Waals surface area (Å²) in [6.45, 7) is 0.116. The van der Waals surface area contributed by atoms with Crippen LogP contribution in [-0.4, -0.2) is 20.6 Å². The van der Waals surface area contributed by atoms with E-state index in [2.05, 4.69) is 4.98 Å². The Morgan fingerprint density at radius 1 is 1.29 bits per heavy atom. The molecule has 24 heavy (non-hydrogen) atoms. The fourth-order valence-corrected chi connectivity index (χ4v) is 2.81. The molecule has 1 aromatic heterocycles. The first-order chi connectivity index (χ1) is 11.4. The van der Waals surface area contributed by atoms with Crippen molar-refractivity contribution in [2.45, 2.75) is 6.54 Å². The first-order valence-corrected chi connectivity index (χ1v) is 7.59. The van der Waals surface area contributed by atoms with Crippen molar-refractivity contribution >= 4 is 40.7 Å². The highest BCUT2D eigenvalue weighted by molar-refractivity contribution is 7.71. The average molecular weight is 365 g/mol. The summed E-state index contributed by atoms with van der Waals surface area (Å²) < 4.78 is 14.7. The van der Waals surface area contributed by atoms with Crippen molar-refractivity contribution in [3.63, 3.8) is 0 Å². The van der Waals surface area contributed by atoms with Crippen LogP contribution in [0.25, 0.3) is 10.9 Å². The van der Waals surface area contributed by atoms with E-state index in [0.29, 0.717) is 16.5 Å². The zero-order valence-corrected chi connectivity index (χ0v) is 13.6. The first kappa shape index (κ1) is 16.4. The lowest BCUT2D eigenvalue weighted by Gasteiger charge is -2.09. The van der Waals surface area contributed by atoms with Gasteiger partial charge in [-0.1, -0.05) is 17.7 Å². The molecule has 0 atom stereocenters. The summed E-state index contributed by atoms with van der Waals surface area (Å²) in [4.78, 5) is 26.5. The molecule has 0 saturated heterocycles. The molecule has 0 aliphatic rings. The van der Waals surface area contributed by atoms with E-state index < -0.39 is 11.8 Å². The molecule has 2 aromatic carbocycles. The Bertz CT molecular complexity index is 1090. The number of aromatic amines is 1. The number of aromatic carboxylic acids is 1. The van der Waals surface area contributed by atoms with Crippen LogP contribution in [0.3, 0.4) is 0 Å². The van der Waals surface area contributed by atoms with Crippen LogP contribution in [0, 0.1) is 10.6 Å². The maximum absolute atomic E-state index is 13.2. The van der Waals surface area contributed by atoms with Crippen molar-refractivity contribution in [2.75, 3.05) is 0 Å². The fourth-order valence-electron chi connectivity index (χ4n) is 2.35. The van der Waals surface area contributed by atoms with Crippen LogP contribution in [0.4, 0.5) is 4.39 Å². The van der Waals surface area contributed by atoms with Gasteiger partial charge >= 0.3 is 5.97 Å². The third kappa shape index (κ3) is 2.95. The van der Waals surface area contributed by atoms with Crippen molar-refractivity contribution in [1.82, 2.24) is 9.55 Å². The number of benzene rings is 2. The molecule has 3 rings (SSSR count). The second-order valence-corrected chi connectivity index (χ2v) is 5.93. The van der Waals surface area contributed by atoms with Gasteiger partial charge in [0.05, 0.1) is 28.0 Å². The molecule has 8 heteroatoms. The summed E-state index contributed by atoms with van der Waals surface area (Å²) >= 11 is 10.9. The summed E-state index contributed by atoms with van der Waals surface area (Å²) in [5.41, 5.74) is 0.643. The number of carboxylic acids is 1. The van der Waals surface area contributed by atoms with Crippen LogP contribution in [-0.2, 0) is 6.54 Å². The molecule has 5 nitrogen and oxygen atoms in total. The van der Waals surface area contributed by atoms with Crippen molar-refractivity contribution in [3.8, 4) is 0 Å². The Morgan fingerprint density at radius 2 is 2.04 bits per heavy atom. The highest BCUT2D eigenvalue weighted by Gasteiger charge is 2.10. The number of H-pyrrole nitrogens is 1. The normalized spacial score (nSPS) is 10.9. The topological polar surface area (TPSA) is 75.1 Å². The van der Waals surface area contributed by atoms with Gasteiger partial charge in [-0.15, -0.1) is 0 Å². The molecule has 1 heterocycles. The molecule has 0 bridgehead atoms. The minimum absolute atomic E-state index is 0.0395. The lowest BCUT2D eigenvalue weighted by molar-refractivity contribution is 0.0697. The summed E-state index contributed by atoms with van der Waals surface area (Å²) in [6, 6.07) is 8.29. The quantitative estimate of drug-likeness (QED) is 0.696. The molecule has 0 amide bonds. The predicted molar refractivity (Wildman–Crippen MR) is 90.9 cm³/mol. The van der Waals surface area contributed by atoms with E-state index in [0.717, 1.165) is 0 Å². The number of carbonyl (C=O) groups is 1. The van der Waals surface area contributed by atoms with E-state index in [-0.39, 0.29) is 27.5 Å². The van der Waals surface area contributed by atoms with Crippen LogP contribution >= 0.6 is 23.8 Å². The van der Waals surface area contributed by atoms with Gasteiger partial charge in [0, 0.05) is 0 Å². The minimum Gasteiger partial charge on any atom is -0.478 e. The highest BCUT2D eigenvalue weighted by atomic mass is 35.5. The van der Waals surface area contributed by atoms with Gasteiger partial charge in [-0.05, 0) is 48.1 Å². The number of carboxylic acid groups (broad SMARTS) is 1. The minimum atomic E-state index is -1.10. The molecule has 3 aromatic rings. The monoisotopic (exact) mass is 364 g/mol. The van der Waals surface area contributed by atoms with Gasteiger partial charge in [-0.25, -0.2) is 9.18 Å². The summed E-state index contributed by atoms with van der Waals surface area (Å²) in [6.07, 6.45) is 0. The number of nitrogens with zero attached hydrogens (tertiary/aromatic N) is 1. The average Bonchev–Trinajstić information content (AvgIpc) is 2.54. The van der Waals surface area contributed by atoms with Gasteiger partial charge in [0.2, 0.25) is 0 Å². The molecule has 0 saturated carbocycles.